The summed E-state index contributed by atoms with van der Waals surface area (Å²) in [7, 11) is 0. The number of carboxylic acids is 2. The Morgan fingerprint density at radius 2 is 0.897 bits per heavy atom. The van der Waals surface area contributed by atoms with Gasteiger partial charge in [0.1, 0.15) is 11.5 Å². The van der Waals surface area contributed by atoms with Gasteiger partial charge in [-0.1, -0.05) is 64.8 Å². The Morgan fingerprint density at radius 1 is 0.564 bits per heavy atom. The zero-order valence-electron chi connectivity index (χ0n) is 24.5. The first kappa shape index (κ1) is 34.0. The molecule has 0 saturated heterocycles. The predicted molar refractivity (Wildman–Crippen MR) is 158 cm³/mol. The molecule has 0 heterocycles. The lowest BCUT2D eigenvalue weighted by molar-refractivity contribution is -0.138. The number of ether oxygens (including phenoxy) is 2. The molecule has 0 aromatic heterocycles. The van der Waals surface area contributed by atoms with Crippen LogP contribution in [-0.2, 0) is 22.4 Å². The number of rotatable bonds is 19. The molecule has 2 rings (SSSR count). The molecule has 0 saturated carbocycles. The number of aliphatic carboxylic acids is 2. The van der Waals surface area contributed by atoms with Crippen molar-refractivity contribution in [1.82, 2.24) is 0 Å². The molecule has 0 radical (unpaired) electrons. The zero-order chi connectivity index (χ0) is 28.9. The molecule has 0 amide bonds. The van der Waals surface area contributed by atoms with E-state index >= 15 is 0 Å². The average Bonchev–Trinajstić information content (AvgIpc) is 2.87. The van der Waals surface area contributed by atoms with Gasteiger partial charge in [-0.15, -0.1) is 0 Å². The Bertz CT molecular complexity index is 903. The molecule has 39 heavy (non-hydrogen) atoms. The summed E-state index contributed by atoms with van der Waals surface area (Å²) in [6.07, 6.45) is 8.99. The number of unbranched alkanes of at least 4 members (excludes halogenated alkanes) is 5. The minimum absolute atomic E-state index is 0.254. The zero-order valence-corrected chi connectivity index (χ0v) is 24.5. The van der Waals surface area contributed by atoms with Gasteiger partial charge in [0.25, 0.3) is 0 Å². The van der Waals surface area contributed by atoms with Crippen molar-refractivity contribution >= 4 is 11.9 Å². The van der Waals surface area contributed by atoms with Crippen LogP contribution < -0.4 is 9.47 Å². The molecule has 0 bridgehead atoms. The number of carboxylic acid groups (broad SMARTS) is 2. The van der Waals surface area contributed by atoms with Gasteiger partial charge in [0, 0.05) is 12.8 Å². The first-order valence-corrected chi connectivity index (χ1v) is 14.5. The van der Waals surface area contributed by atoms with Crippen LogP contribution in [0.5, 0.6) is 11.5 Å². The van der Waals surface area contributed by atoms with Gasteiger partial charge in [-0.05, 0) is 92.2 Å². The molecule has 0 fully saturated rings. The Kier molecular flexibility index (Phi) is 18.2. The minimum Gasteiger partial charge on any atom is -0.494 e. The van der Waals surface area contributed by atoms with Gasteiger partial charge < -0.3 is 19.7 Å². The second-order valence-electron chi connectivity index (χ2n) is 10.9. The van der Waals surface area contributed by atoms with Crippen molar-refractivity contribution in [2.24, 2.45) is 11.8 Å². The minimum atomic E-state index is -0.721. The van der Waals surface area contributed by atoms with Gasteiger partial charge in [0.2, 0.25) is 0 Å². The maximum absolute atomic E-state index is 10.3. The van der Waals surface area contributed by atoms with Crippen LogP contribution in [-0.4, -0.2) is 35.4 Å². The lowest BCUT2D eigenvalue weighted by Gasteiger charge is -2.08. The molecule has 0 spiro atoms. The van der Waals surface area contributed by atoms with E-state index in [2.05, 4.69) is 52.0 Å². The summed E-state index contributed by atoms with van der Waals surface area (Å²) in [5.74, 6) is 1.73. The van der Waals surface area contributed by atoms with Crippen molar-refractivity contribution in [3.8, 4) is 11.5 Å². The number of benzene rings is 2. The molecule has 0 aliphatic rings. The summed E-state index contributed by atoms with van der Waals surface area (Å²) in [6.45, 7) is 10.2. The van der Waals surface area contributed by atoms with Crippen LogP contribution in [0.4, 0.5) is 0 Å². The van der Waals surface area contributed by atoms with Gasteiger partial charge in [-0.2, -0.15) is 0 Å². The van der Waals surface area contributed by atoms with Crippen molar-refractivity contribution < 1.29 is 29.3 Å². The summed E-state index contributed by atoms with van der Waals surface area (Å²) >= 11 is 0. The lowest BCUT2D eigenvalue weighted by Crippen LogP contribution is -1.99. The molecule has 2 aromatic carbocycles. The number of carbonyl (C=O) groups is 2. The van der Waals surface area contributed by atoms with Crippen molar-refractivity contribution in [3.05, 3.63) is 59.7 Å². The molecule has 2 aromatic rings. The fraction of sp³-hybridized carbons (Fsp3) is 0.576. The highest BCUT2D eigenvalue weighted by atomic mass is 16.5. The smallest absolute Gasteiger partial charge is 0.303 e. The van der Waals surface area contributed by atoms with E-state index in [1.165, 1.54) is 11.1 Å². The predicted octanol–water partition coefficient (Wildman–Crippen LogP) is 8.21. The Balaban J connectivity index is 0.000000391. The van der Waals surface area contributed by atoms with Crippen LogP contribution >= 0.6 is 0 Å². The molecular formula is C33H50O6. The molecule has 0 aliphatic heterocycles. The van der Waals surface area contributed by atoms with Gasteiger partial charge >= 0.3 is 11.9 Å². The van der Waals surface area contributed by atoms with E-state index in [-0.39, 0.29) is 12.8 Å². The third kappa shape index (κ3) is 19.7. The molecule has 2 N–H and O–H groups in total. The maximum atomic E-state index is 10.3. The van der Waals surface area contributed by atoms with Gasteiger partial charge in [-0.3, -0.25) is 9.59 Å². The summed E-state index contributed by atoms with van der Waals surface area (Å²) in [6, 6.07) is 16.6. The summed E-state index contributed by atoms with van der Waals surface area (Å²) in [5.41, 5.74) is 2.69. The van der Waals surface area contributed by atoms with Crippen molar-refractivity contribution in [2.45, 2.75) is 98.3 Å². The largest absolute Gasteiger partial charge is 0.494 e. The molecule has 218 valence electrons. The second kappa shape index (κ2) is 20.9. The van der Waals surface area contributed by atoms with E-state index in [0.717, 1.165) is 69.3 Å². The summed E-state index contributed by atoms with van der Waals surface area (Å²) in [4.78, 5) is 20.7. The third-order valence-electron chi connectivity index (χ3n) is 5.99. The SMILES string of the molecule is CC(C)Cc1ccc(OCCCCCC(=O)O)cc1.CC(C)Cc1ccc(OCCCCCCC(=O)O)cc1. The van der Waals surface area contributed by atoms with Crippen LogP contribution in [0.3, 0.4) is 0 Å². The lowest BCUT2D eigenvalue weighted by atomic mass is 10.0. The first-order valence-electron chi connectivity index (χ1n) is 14.5. The standard InChI is InChI=1S/C17H26O3.C16H24O3/c1-14(2)13-15-8-10-16(11-9-15)20-12-6-4-3-5-7-17(18)19;1-13(2)12-14-7-9-15(10-8-14)19-11-5-3-4-6-16(17)18/h8-11,14H,3-7,12-13H2,1-2H3,(H,18,19);7-10,13H,3-6,11-12H2,1-2H3,(H,17,18). The van der Waals surface area contributed by atoms with Crippen molar-refractivity contribution in [2.75, 3.05) is 13.2 Å². The van der Waals surface area contributed by atoms with Crippen LogP contribution in [0.1, 0.15) is 96.6 Å². The van der Waals surface area contributed by atoms with E-state index in [1.54, 1.807) is 0 Å². The van der Waals surface area contributed by atoms with Crippen LogP contribution in [0.15, 0.2) is 48.5 Å². The topological polar surface area (TPSA) is 93.1 Å². The third-order valence-corrected chi connectivity index (χ3v) is 5.99. The van der Waals surface area contributed by atoms with E-state index in [1.807, 2.05) is 24.3 Å². The van der Waals surface area contributed by atoms with Crippen molar-refractivity contribution in [3.63, 3.8) is 0 Å². The second-order valence-corrected chi connectivity index (χ2v) is 10.9. The summed E-state index contributed by atoms with van der Waals surface area (Å²) < 4.78 is 11.3. The monoisotopic (exact) mass is 542 g/mol. The summed E-state index contributed by atoms with van der Waals surface area (Å²) in [5, 5.41) is 17.0. The first-order chi connectivity index (χ1) is 18.7. The van der Waals surface area contributed by atoms with Crippen molar-refractivity contribution in [1.29, 1.82) is 0 Å². The molecule has 0 aliphatic carbocycles. The van der Waals surface area contributed by atoms with Crippen LogP contribution in [0.2, 0.25) is 0 Å². The fourth-order valence-electron chi connectivity index (χ4n) is 4.05. The molecule has 0 unspecified atom stereocenters. The maximum Gasteiger partial charge on any atom is 0.303 e. The molecule has 0 atom stereocenters. The Labute approximate surface area is 235 Å². The number of hydrogen-bond donors (Lipinski definition) is 2. The van der Waals surface area contributed by atoms with E-state index in [9.17, 15) is 9.59 Å². The van der Waals surface area contributed by atoms with Crippen LogP contribution in [0.25, 0.3) is 0 Å². The highest BCUT2D eigenvalue weighted by molar-refractivity contribution is 5.66. The number of hydrogen-bond acceptors (Lipinski definition) is 4. The van der Waals surface area contributed by atoms with E-state index in [0.29, 0.717) is 25.0 Å². The molecule has 6 heteroatoms. The normalized spacial score (nSPS) is 10.7. The van der Waals surface area contributed by atoms with Gasteiger partial charge in [-0.25, -0.2) is 0 Å². The highest BCUT2D eigenvalue weighted by Crippen LogP contribution is 2.17. The van der Waals surface area contributed by atoms with E-state index in [4.69, 9.17) is 19.7 Å². The average molecular weight is 543 g/mol. The van der Waals surface area contributed by atoms with Gasteiger partial charge in [0.15, 0.2) is 0 Å². The van der Waals surface area contributed by atoms with Gasteiger partial charge in [0.05, 0.1) is 13.2 Å². The quantitative estimate of drug-likeness (QED) is 0.174. The Morgan fingerprint density at radius 3 is 1.23 bits per heavy atom. The van der Waals surface area contributed by atoms with Crippen LogP contribution in [0, 0.1) is 11.8 Å². The highest BCUT2D eigenvalue weighted by Gasteiger charge is 2.01. The van der Waals surface area contributed by atoms with E-state index < -0.39 is 11.9 Å². The fourth-order valence-corrected chi connectivity index (χ4v) is 4.05. The molecule has 6 nitrogen and oxygen atoms in total. The molecular weight excluding hydrogens is 492 g/mol. The Hall–Kier alpha value is -3.02.